The van der Waals surface area contributed by atoms with E-state index in [0.717, 1.165) is 16.0 Å². The number of halogens is 1. The molecular formula is C27H29FN2O5. The summed E-state index contributed by atoms with van der Waals surface area (Å²) in [6, 6.07) is 9.53. The molecule has 0 radical (unpaired) electrons. The number of amides is 2. The Morgan fingerprint density at radius 1 is 1.26 bits per heavy atom. The number of carbonyl (C=O) groups excluding carboxylic acids is 2. The third-order valence-corrected chi connectivity index (χ3v) is 7.10. The molecule has 8 heteroatoms. The molecule has 35 heavy (non-hydrogen) atoms. The smallest absolute Gasteiger partial charge is 0.233 e. The van der Waals surface area contributed by atoms with E-state index in [9.17, 15) is 29.3 Å². The van der Waals surface area contributed by atoms with Crippen molar-refractivity contribution < 1.29 is 29.3 Å². The Hall–Kier alpha value is -3.36. The van der Waals surface area contributed by atoms with E-state index in [-0.39, 0.29) is 24.8 Å². The fraction of sp³-hybridized carbons (Fsp3) is 0.370. The summed E-state index contributed by atoms with van der Waals surface area (Å²) in [6.45, 7) is 1.50. The van der Waals surface area contributed by atoms with Crippen LogP contribution >= 0.6 is 0 Å². The molecule has 184 valence electrons. The number of phenols is 1. The van der Waals surface area contributed by atoms with E-state index >= 15 is 0 Å². The van der Waals surface area contributed by atoms with Crippen LogP contribution in [0.3, 0.4) is 0 Å². The number of rotatable bonds is 7. The zero-order valence-corrected chi connectivity index (χ0v) is 19.7. The molecule has 1 aromatic heterocycles. The number of aromatic hydroxyl groups is 1. The van der Waals surface area contributed by atoms with Crippen LogP contribution in [0.15, 0.2) is 53.7 Å². The number of aliphatic hydroxyl groups excluding tert-OH is 2. The summed E-state index contributed by atoms with van der Waals surface area (Å²) in [5, 5.41) is 30.9. The Balaban J connectivity index is 1.60. The van der Waals surface area contributed by atoms with Gasteiger partial charge in [-0.2, -0.15) is 0 Å². The minimum atomic E-state index is -0.939. The highest BCUT2D eigenvalue weighted by atomic mass is 19.1. The maximum Gasteiger partial charge on any atom is 0.233 e. The number of nitrogens with zero attached hydrogens (tertiary/aromatic N) is 2. The Morgan fingerprint density at radius 2 is 2.03 bits per heavy atom. The van der Waals surface area contributed by atoms with Crippen molar-refractivity contribution in [2.75, 3.05) is 13.7 Å². The van der Waals surface area contributed by atoms with Gasteiger partial charge in [0.25, 0.3) is 0 Å². The second-order valence-corrected chi connectivity index (χ2v) is 9.25. The number of carbonyl (C=O) groups is 2. The van der Waals surface area contributed by atoms with Crippen LogP contribution in [-0.4, -0.2) is 56.8 Å². The average molecular weight is 481 g/mol. The van der Waals surface area contributed by atoms with Crippen LogP contribution in [0, 0.1) is 23.6 Å². The van der Waals surface area contributed by atoms with Crippen LogP contribution in [0.5, 0.6) is 5.75 Å². The summed E-state index contributed by atoms with van der Waals surface area (Å²) in [5.74, 6) is -3.53. The largest absolute Gasteiger partial charge is 0.505 e. The first-order chi connectivity index (χ1) is 16.7. The highest BCUT2D eigenvalue weighted by Crippen LogP contribution is 2.45. The normalized spacial score (nSPS) is 23.6. The van der Waals surface area contributed by atoms with Crippen molar-refractivity contribution in [1.29, 1.82) is 0 Å². The van der Waals surface area contributed by atoms with Crippen LogP contribution in [0.2, 0.25) is 0 Å². The van der Waals surface area contributed by atoms with Crippen molar-refractivity contribution in [1.82, 2.24) is 9.88 Å². The fourth-order valence-electron chi connectivity index (χ4n) is 5.36. The maximum atomic E-state index is 13.9. The van der Waals surface area contributed by atoms with Gasteiger partial charge in [0.05, 0.1) is 30.2 Å². The predicted molar refractivity (Wildman–Crippen MR) is 128 cm³/mol. The molecular weight excluding hydrogens is 451 g/mol. The fourth-order valence-corrected chi connectivity index (χ4v) is 5.36. The summed E-state index contributed by atoms with van der Waals surface area (Å²) < 4.78 is 13.9. The van der Waals surface area contributed by atoms with Crippen molar-refractivity contribution >= 4 is 23.5 Å². The molecule has 4 atom stereocenters. The number of hydrogen-bond acceptors (Lipinski definition) is 6. The lowest BCUT2D eigenvalue weighted by Gasteiger charge is -2.35. The average Bonchev–Trinajstić information content (AvgIpc) is 3.06. The number of fused-ring (bicyclic) bond motifs is 1. The molecule has 2 aromatic rings. The van der Waals surface area contributed by atoms with E-state index in [0.29, 0.717) is 29.7 Å². The summed E-state index contributed by atoms with van der Waals surface area (Å²) in [7, 11) is 1.46. The molecule has 2 heterocycles. The van der Waals surface area contributed by atoms with Crippen LogP contribution in [0.1, 0.15) is 37.4 Å². The maximum absolute atomic E-state index is 13.9. The number of imide groups is 1. The lowest BCUT2D eigenvalue weighted by Crippen LogP contribution is -2.38. The number of likely N-dealkylation sites (tertiary alicyclic amines) is 1. The van der Waals surface area contributed by atoms with E-state index in [2.05, 4.69) is 4.98 Å². The lowest BCUT2D eigenvalue weighted by molar-refractivity contribution is -0.138. The van der Waals surface area contributed by atoms with Crippen LogP contribution in [0.4, 0.5) is 4.39 Å². The Labute approximate surface area is 203 Å². The molecule has 1 aliphatic carbocycles. The second kappa shape index (κ2) is 10.1. The molecule has 2 aliphatic rings. The Kier molecular flexibility index (Phi) is 7.14. The SMILES string of the molecule is CC1=C([C@H](O)CC/C(=C/c2ccc(O)c(F)c2)c2ccccn2)[C@H](CO)[C@@H]2C(=O)N(C)C(=O)[C@@H]2C1. The van der Waals surface area contributed by atoms with E-state index in [1.807, 2.05) is 19.1 Å². The van der Waals surface area contributed by atoms with Gasteiger partial charge in [-0.25, -0.2) is 4.39 Å². The van der Waals surface area contributed by atoms with Gasteiger partial charge in [0.2, 0.25) is 11.8 Å². The third kappa shape index (κ3) is 4.76. The number of aliphatic hydroxyl groups is 2. The highest BCUT2D eigenvalue weighted by molar-refractivity contribution is 6.05. The molecule has 2 amide bonds. The molecule has 0 spiro atoms. The van der Waals surface area contributed by atoms with Crippen molar-refractivity contribution in [3.63, 3.8) is 0 Å². The minimum absolute atomic E-state index is 0.243. The van der Waals surface area contributed by atoms with Gasteiger partial charge in [-0.15, -0.1) is 0 Å². The second-order valence-electron chi connectivity index (χ2n) is 9.25. The van der Waals surface area contributed by atoms with E-state index < -0.39 is 35.4 Å². The molecule has 1 aromatic carbocycles. The predicted octanol–water partition coefficient (Wildman–Crippen LogP) is 3.17. The molecule has 1 aliphatic heterocycles. The first kappa shape index (κ1) is 24.8. The van der Waals surface area contributed by atoms with Gasteiger partial charge in [0.1, 0.15) is 0 Å². The van der Waals surface area contributed by atoms with Gasteiger partial charge < -0.3 is 15.3 Å². The molecule has 0 unspecified atom stereocenters. The minimum Gasteiger partial charge on any atom is -0.505 e. The molecule has 3 N–H and O–H groups in total. The Bertz CT molecular complexity index is 1190. The van der Waals surface area contributed by atoms with Gasteiger partial charge in [-0.3, -0.25) is 19.5 Å². The summed E-state index contributed by atoms with van der Waals surface area (Å²) in [6.07, 6.45) is 3.50. The standard InChI is InChI=1S/C27H29FN2O5/c1-15-11-18-25(27(35)30(2)26(18)34)19(14-31)24(15)23(33)9-7-17(21-5-3-4-10-29-21)12-16-6-8-22(32)20(28)13-16/h3-6,8,10,12-13,18-19,23,25,31-33H,7,9,11,14H2,1-2H3/b17-12-/t18-,19+,23-,25-/m1/s1. The van der Waals surface area contributed by atoms with Crippen LogP contribution < -0.4 is 0 Å². The zero-order chi connectivity index (χ0) is 25.3. The van der Waals surface area contributed by atoms with E-state index in [1.54, 1.807) is 24.4 Å². The van der Waals surface area contributed by atoms with Crippen molar-refractivity contribution in [3.05, 3.63) is 70.8 Å². The van der Waals surface area contributed by atoms with Crippen molar-refractivity contribution in [3.8, 4) is 5.75 Å². The monoisotopic (exact) mass is 480 g/mol. The molecule has 0 bridgehead atoms. The number of benzene rings is 1. The lowest BCUT2D eigenvalue weighted by atomic mass is 9.68. The molecule has 0 saturated carbocycles. The highest BCUT2D eigenvalue weighted by Gasteiger charge is 2.53. The third-order valence-electron chi connectivity index (χ3n) is 7.10. The van der Waals surface area contributed by atoms with Gasteiger partial charge in [-0.1, -0.05) is 17.7 Å². The van der Waals surface area contributed by atoms with E-state index in [4.69, 9.17) is 0 Å². The first-order valence-electron chi connectivity index (χ1n) is 11.6. The van der Waals surface area contributed by atoms with Gasteiger partial charge >= 0.3 is 0 Å². The number of pyridine rings is 1. The van der Waals surface area contributed by atoms with Crippen molar-refractivity contribution in [2.45, 2.75) is 32.3 Å². The first-order valence-corrected chi connectivity index (χ1v) is 11.6. The zero-order valence-electron chi connectivity index (χ0n) is 19.7. The molecule has 1 saturated heterocycles. The van der Waals surface area contributed by atoms with Gasteiger partial charge in [0.15, 0.2) is 11.6 Å². The van der Waals surface area contributed by atoms with E-state index in [1.165, 1.54) is 19.2 Å². The van der Waals surface area contributed by atoms with Crippen LogP contribution in [-0.2, 0) is 9.59 Å². The molecule has 1 fully saturated rings. The van der Waals surface area contributed by atoms with Crippen LogP contribution in [0.25, 0.3) is 11.6 Å². The quantitative estimate of drug-likeness (QED) is 0.415. The van der Waals surface area contributed by atoms with Crippen molar-refractivity contribution in [2.24, 2.45) is 17.8 Å². The molecule has 4 rings (SSSR count). The topological polar surface area (TPSA) is 111 Å². The number of phenolic OH excluding ortho intramolecular Hbond substituents is 1. The van der Waals surface area contributed by atoms with Gasteiger partial charge in [0, 0.05) is 19.2 Å². The molecule has 7 nitrogen and oxygen atoms in total. The number of hydrogen-bond donors (Lipinski definition) is 3. The summed E-state index contributed by atoms with van der Waals surface area (Å²) in [5.41, 5.74) is 3.39. The van der Waals surface area contributed by atoms with Gasteiger partial charge in [-0.05, 0) is 73.2 Å². The summed E-state index contributed by atoms with van der Waals surface area (Å²) >= 11 is 0. The number of allylic oxidation sites excluding steroid dienone is 2. The number of aromatic nitrogens is 1. The Morgan fingerprint density at radius 3 is 2.69 bits per heavy atom. The summed E-state index contributed by atoms with van der Waals surface area (Å²) in [4.78, 5) is 30.7.